The summed E-state index contributed by atoms with van der Waals surface area (Å²) in [6.45, 7) is 0. The number of fused-ring (bicyclic) bond motifs is 1. The average Bonchev–Trinajstić information content (AvgIpc) is 2.95. The molecule has 2 aromatic carbocycles. The van der Waals surface area contributed by atoms with E-state index in [2.05, 4.69) is 0 Å². The van der Waals surface area contributed by atoms with Crippen molar-refractivity contribution in [1.82, 2.24) is 4.57 Å². The molecule has 0 radical (unpaired) electrons. The van der Waals surface area contributed by atoms with Gasteiger partial charge >= 0.3 is 5.97 Å². The van der Waals surface area contributed by atoms with E-state index in [1.54, 1.807) is 18.2 Å². The molecule has 0 bridgehead atoms. The normalized spacial score (nSPS) is 10.6. The Morgan fingerprint density at radius 1 is 0.900 bits per heavy atom. The van der Waals surface area contributed by atoms with Crippen LogP contribution in [0.3, 0.4) is 0 Å². The molecular formula is C16H11NO3. The standard InChI is InChI=1S/C16H11NO3/c18-15(17-10-4-9-14(17)16(19)20)13-8-3-6-11-5-1-2-7-12(11)13/h1-10H,(H,19,20). The zero-order valence-electron chi connectivity index (χ0n) is 10.5. The van der Waals surface area contributed by atoms with Crippen LogP contribution in [-0.2, 0) is 0 Å². The third-order valence-corrected chi connectivity index (χ3v) is 3.21. The van der Waals surface area contributed by atoms with E-state index < -0.39 is 5.97 Å². The van der Waals surface area contributed by atoms with Gasteiger partial charge in [-0.3, -0.25) is 9.36 Å². The minimum absolute atomic E-state index is 0.0389. The predicted octanol–water partition coefficient (Wildman–Crippen LogP) is 3.03. The number of hydrogen-bond acceptors (Lipinski definition) is 2. The number of carbonyl (C=O) groups excluding carboxylic acids is 1. The highest BCUT2D eigenvalue weighted by Gasteiger charge is 2.17. The van der Waals surface area contributed by atoms with Gasteiger partial charge in [-0.25, -0.2) is 4.79 Å². The molecule has 4 heteroatoms. The molecule has 0 aliphatic carbocycles. The van der Waals surface area contributed by atoms with E-state index in [9.17, 15) is 9.59 Å². The maximum atomic E-state index is 12.5. The van der Waals surface area contributed by atoms with Crippen LogP contribution in [0.25, 0.3) is 10.8 Å². The van der Waals surface area contributed by atoms with Gasteiger partial charge in [0.2, 0.25) is 0 Å². The summed E-state index contributed by atoms with van der Waals surface area (Å²) in [6.07, 6.45) is 1.47. The number of hydrogen-bond donors (Lipinski definition) is 1. The fraction of sp³-hybridized carbons (Fsp3) is 0. The quantitative estimate of drug-likeness (QED) is 0.774. The Morgan fingerprint density at radius 3 is 2.45 bits per heavy atom. The van der Waals surface area contributed by atoms with Gasteiger partial charge in [-0.2, -0.15) is 0 Å². The van der Waals surface area contributed by atoms with E-state index in [1.807, 2.05) is 30.3 Å². The fourth-order valence-electron chi connectivity index (χ4n) is 2.27. The second kappa shape index (κ2) is 4.66. The first-order valence-electron chi connectivity index (χ1n) is 6.11. The van der Waals surface area contributed by atoms with Crippen molar-refractivity contribution in [3.8, 4) is 0 Å². The number of nitrogens with zero attached hydrogens (tertiary/aromatic N) is 1. The number of benzene rings is 2. The second-order valence-electron chi connectivity index (χ2n) is 4.40. The Morgan fingerprint density at radius 2 is 1.65 bits per heavy atom. The van der Waals surface area contributed by atoms with Crippen LogP contribution in [0.1, 0.15) is 20.8 Å². The Balaban J connectivity index is 2.18. The molecule has 0 saturated carbocycles. The van der Waals surface area contributed by atoms with Gasteiger partial charge in [0.25, 0.3) is 5.91 Å². The van der Waals surface area contributed by atoms with Crippen molar-refractivity contribution in [1.29, 1.82) is 0 Å². The van der Waals surface area contributed by atoms with E-state index in [-0.39, 0.29) is 11.6 Å². The molecular weight excluding hydrogens is 254 g/mol. The molecule has 0 amide bonds. The van der Waals surface area contributed by atoms with Gasteiger partial charge in [0.1, 0.15) is 5.69 Å². The smallest absolute Gasteiger partial charge is 0.352 e. The molecule has 3 rings (SSSR count). The highest BCUT2D eigenvalue weighted by atomic mass is 16.4. The summed E-state index contributed by atoms with van der Waals surface area (Å²) in [4.78, 5) is 23.7. The average molecular weight is 265 g/mol. The fourth-order valence-corrected chi connectivity index (χ4v) is 2.27. The van der Waals surface area contributed by atoms with Crippen molar-refractivity contribution < 1.29 is 14.7 Å². The Labute approximate surface area is 114 Å². The van der Waals surface area contributed by atoms with Crippen LogP contribution in [0.4, 0.5) is 0 Å². The van der Waals surface area contributed by atoms with Crippen molar-refractivity contribution in [3.05, 3.63) is 72.1 Å². The van der Waals surface area contributed by atoms with Crippen LogP contribution in [0, 0.1) is 0 Å². The topological polar surface area (TPSA) is 59.3 Å². The van der Waals surface area contributed by atoms with Gasteiger partial charge in [-0.15, -0.1) is 0 Å². The molecule has 3 aromatic rings. The number of carboxylic acid groups (broad SMARTS) is 1. The van der Waals surface area contributed by atoms with Gasteiger partial charge in [-0.05, 0) is 29.0 Å². The predicted molar refractivity (Wildman–Crippen MR) is 75.1 cm³/mol. The lowest BCUT2D eigenvalue weighted by Crippen LogP contribution is -2.17. The summed E-state index contributed by atoms with van der Waals surface area (Å²) in [6, 6.07) is 15.9. The van der Waals surface area contributed by atoms with Crippen molar-refractivity contribution >= 4 is 22.6 Å². The zero-order chi connectivity index (χ0) is 14.1. The third kappa shape index (κ3) is 1.87. The summed E-state index contributed by atoms with van der Waals surface area (Å²) >= 11 is 0. The van der Waals surface area contributed by atoms with Crippen molar-refractivity contribution in [2.45, 2.75) is 0 Å². The zero-order valence-corrected chi connectivity index (χ0v) is 10.5. The van der Waals surface area contributed by atoms with Gasteiger partial charge in [-0.1, -0.05) is 36.4 Å². The van der Waals surface area contributed by atoms with Crippen molar-refractivity contribution in [2.75, 3.05) is 0 Å². The first kappa shape index (κ1) is 12.2. The van der Waals surface area contributed by atoms with Gasteiger partial charge in [0, 0.05) is 11.8 Å². The Hall–Kier alpha value is -2.88. The summed E-state index contributed by atoms with van der Waals surface area (Å²) in [7, 11) is 0. The molecule has 0 saturated heterocycles. The molecule has 0 aliphatic heterocycles. The first-order chi connectivity index (χ1) is 9.68. The van der Waals surface area contributed by atoms with Crippen molar-refractivity contribution in [3.63, 3.8) is 0 Å². The van der Waals surface area contributed by atoms with E-state index in [1.165, 1.54) is 12.3 Å². The van der Waals surface area contributed by atoms with Crippen molar-refractivity contribution in [2.24, 2.45) is 0 Å². The SMILES string of the molecule is O=C(O)c1cccn1C(=O)c1cccc2ccccc12. The lowest BCUT2D eigenvalue weighted by molar-refractivity contribution is 0.0677. The van der Waals surface area contributed by atoms with Crippen LogP contribution < -0.4 is 0 Å². The molecule has 20 heavy (non-hydrogen) atoms. The van der Waals surface area contributed by atoms with Gasteiger partial charge < -0.3 is 5.11 Å². The number of aromatic carboxylic acids is 1. The molecule has 0 fully saturated rings. The van der Waals surface area contributed by atoms with E-state index in [0.717, 1.165) is 15.3 Å². The maximum absolute atomic E-state index is 12.5. The lowest BCUT2D eigenvalue weighted by atomic mass is 10.0. The summed E-state index contributed by atoms with van der Waals surface area (Å²) in [5, 5.41) is 10.8. The van der Waals surface area contributed by atoms with E-state index in [4.69, 9.17) is 5.11 Å². The molecule has 0 spiro atoms. The molecule has 1 N–H and O–H groups in total. The highest BCUT2D eigenvalue weighted by Crippen LogP contribution is 2.20. The number of rotatable bonds is 2. The molecule has 1 heterocycles. The minimum Gasteiger partial charge on any atom is -0.477 e. The van der Waals surface area contributed by atoms with E-state index >= 15 is 0 Å². The Bertz CT molecular complexity index is 812. The van der Waals surface area contributed by atoms with Crippen LogP contribution >= 0.6 is 0 Å². The van der Waals surface area contributed by atoms with Crippen LogP contribution in [0.15, 0.2) is 60.8 Å². The highest BCUT2D eigenvalue weighted by molar-refractivity contribution is 6.09. The Kier molecular flexibility index (Phi) is 2.84. The minimum atomic E-state index is -1.12. The molecule has 0 unspecified atom stereocenters. The maximum Gasteiger partial charge on any atom is 0.352 e. The first-order valence-corrected chi connectivity index (χ1v) is 6.11. The molecule has 1 aromatic heterocycles. The number of carbonyl (C=O) groups is 2. The molecule has 4 nitrogen and oxygen atoms in total. The van der Waals surface area contributed by atoms with E-state index in [0.29, 0.717) is 5.56 Å². The molecule has 98 valence electrons. The molecule has 0 aliphatic rings. The number of carboxylic acids is 1. The van der Waals surface area contributed by atoms with Gasteiger partial charge in [0.05, 0.1) is 0 Å². The lowest BCUT2D eigenvalue weighted by Gasteiger charge is -2.08. The summed E-state index contributed by atoms with van der Waals surface area (Å²) in [5.74, 6) is -1.47. The van der Waals surface area contributed by atoms with Gasteiger partial charge in [0.15, 0.2) is 0 Å². The largest absolute Gasteiger partial charge is 0.477 e. The van der Waals surface area contributed by atoms with Crippen LogP contribution in [-0.4, -0.2) is 21.6 Å². The second-order valence-corrected chi connectivity index (χ2v) is 4.40. The van der Waals surface area contributed by atoms with Crippen LogP contribution in [0.2, 0.25) is 0 Å². The summed E-state index contributed by atoms with van der Waals surface area (Å²) in [5.41, 5.74) is 0.449. The summed E-state index contributed by atoms with van der Waals surface area (Å²) < 4.78 is 1.16. The molecule has 0 atom stereocenters. The van der Waals surface area contributed by atoms with Crippen LogP contribution in [0.5, 0.6) is 0 Å². The third-order valence-electron chi connectivity index (χ3n) is 3.21. The number of aromatic nitrogens is 1. The monoisotopic (exact) mass is 265 g/mol.